The van der Waals surface area contributed by atoms with Gasteiger partial charge >= 0.3 is 0 Å². The summed E-state index contributed by atoms with van der Waals surface area (Å²) in [6.07, 6.45) is 9.43. The smallest absolute Gasteiger partial charge is 0.256 e. The van der Waals surface area contributed by atoms with E-state index in [1.54, 1.807) is 24.6 Å². The molecule has 2 aliphatic heterocycles. The summed E-state index contributed by atoms with van der Waals surface area (Å²) in [6, 6.07) is 11.4. The van der Waals surface area contributed by atoms with Crippen LogP contribution in [0.15, 0.2) is 76.8 Å². The number of carbonyl (C=O) groups excluding carboxylic acids is 1. The average Bonchev–Trinajstić information content (AvgIpc) is 3.53. The van der Waals surface area contributed by atoms with Gasteiger partial charge in [0.15, 0.2) is 11.5 Å². The lowest BCUT2D eigenvalue weighted by Crippen LogP contribution is -2.36. The van der Waals surface area contributed by atoms with Gasteiger partial charge in [-0.3, -0.25) is 14.6 Å². The van der Waals surface area contributed by atoms with Gasteiger partial charge in [-0.2, -0.15) is 0 Å². The molecule has 1 saturated heterocycles. The molecule has 0 radical (unpaired) electrons. The van der Waals surface area contributed by atoms with E-state index in [2.05, 4.69) is 33.6 Å². The van der Waals surface area contributed by atoms with Gasteiger partial charge in [0.1, 0.15) is 11.1 Å². The molecule has 2 aliphatic rings. The minimum atomic E-state index is -0.352. The lowest BCUT2D eigenvalue weighted by atomic mass is 10.0. The summed E-state index contributed by atoms with van der Waals surface area (Å²) in [5.74, 6) is 1.05. The maximum atomic E-state index is 13.6. The first kappa shape index (κ1) is 30.8. The van der Waals surface area contributed by atoms with Crippen LogP contribution in [-0.4, -0.2) is 61.4 Å². The minimum absolute atomic E-state index is 0.129. The van der Waals surface area contributed by atoms with Gasteiger partial charge < -0.3 is 24.4 Å². The summed E-state index contributed by atoms with van der Waals surface area (Å²) >= 11 is 0. The number of pyridine rings is 1. The van der Waals surface area contributed by atoms with Gasteiger partial charge in [0.05, 0.1) is 16.8 Å². The molecule has 3 aromatic rings. The van der Waals surface area contributed by atoms with Crippen LogP contribution in [0.1, 0.15) is 50.9 Å². The highest BCUT2D eigenvalue weighted by atomic mass is 16.5. The van der Waals surface area contributed by atoms with Crippen LogP contribution in [0.5, 0.6) is 11.5 Å². The highest BCUT2D eigenvalue weighted by Crippen LogP contribution is 2.45. The zero-order chi connectivity index (χ0) is 30.2. The maximum absolute atomic E-state index is 13.6. The molecule has 1 unspecified atom stereocenters. The zero-order valence-corrected chi connectivity index (χ0v) is 25.5. The molecule has 8 heteroatoms. The Morgan fingerprint density at radius 3 is 2.64 bits per heavy atom. The van der Waals surface area contributed by atoms with Crippen LogP contribution in [0.3, 0.4) is 0 Å². The van der Waals surface area contributed by atoms with Crippen molar-refractivity contribution in [1.29, 1.82) is 0 Å². The first-order valence-electron chi connectivity index (χ1n) is 15.0. The Morgan fingerprint density at radius 1 is 1.19 bits per heavy atom. The van der Waals surface area contributed by atoms with Crippen molar-refractivity contribution in [3.05, 3.63) is 82.8 Å². The van der Waals surface area contributed by atoms with Gasteiger partial charge in [-0.15, -0.1) is 0 Å². The second kappa shape index (κ2) is 14.1. The fraction of sp³-hybridized carbons (Fsp3) is 0.382. The van der Waals surface area contributed by atoms with E-state index in [0.29, 0.717) is 35.5 Å². The topological polar surface area (TPSA) is 79.2 Å². The number of hydrogen-bond donors (Lipinski definition) is 1. The molecule has 5 rings (SSSR count). The zero-order valence-electron chi connectivity index (χ0n) is 25.5. The van der Waals surface area contributed by atoms with Crippen LogP contribution in [0.2, 0.25) is 0 Å². The summed E-state index contributed by atoms with van der Waals surface area (Å²) in [7, 11) is 2.01. The highest BCUT2D eigenvalue weighted by Gasteiger charge is 2.27. The summed E-state index contributed by atoms with van der Waals surface area (Å²) < 4.78 is 8.37. The molecule has 42 heavy (non-hydrogen) atoms. The number of anilines is 1. The Hall–Kier alpha value is -4.17. The number of likely N-dealkylation sites (tertiary alicyclic amines) is 1. The number of hydrogen-bond acceptors (Lipinski definition) is 6. The second-order valence-electron chi connectivity index (χ2n) is 10.4. The normalized spacial score (nSPS) is 15.0. The Bertz CT molecular complexity index is 1550. The van der Waals surface area contributed by atoms with Crippen molar-refractivity contribution in [3.63, 3.8) is 0 Å². The number of nitrogens with zero attached hydrogens (tertiary/aromatic N) is 4. The molecule has 0 spiro atoms. The highest BCUT2D eigenvalue weighted by molar-refractivity contribution is 6.01. The third-order valence-corrected chi connectivity index (χ3v) is 7.68. The molecular weight excluding hydrogens is 526 g/mol. The van der Waals surface area contributed by atoms with E-state index in [0.717, 1.165) is 36.7 Å². The largest absolute Gasteiger partial charge is 0.451 e. The number of para-hydroxylation sites is 2. The number of benzene rings is 2. The van der Waals surface area contributed by atoms with Crippen LogP contribution in [0, 0.1) is 5.92 Å². The molecule has 1 amide bonds. The van der Waals surface area contributed by atoms with Gasteiger partial charge in [0.25, 0.3) is 5.91 Å². The third-order valence-electron chi connectivity index (χ3n) is 7.68. The number of aliphatic imine (C=N–C) groups is 1. The van der Waals surface area contributed by atoms with Crippen LogP contribution >= 0.6 is 0 Å². The molecule has 1 aromatic heterocycles. The summed E-state index contributed by atoms with van der Waals surface area (Å²) in [6.45, 7) is 15.9. The van der Waals surface area contributed by atoms with Crippen LogP contribution in [0.4, 0.5) is 5.69 Å². The van der Waals surface area contributed by atoms with E-state index in [4.69, 9.17) is 4.74 Å². The number of amides is 1. The Kier molecular flexibility index (Phi) is 10.4. The molecule has 0 saturated carbocycles. The standard InChI is InChI=1S/C32H37N5O3.C2H6/c1-5-15-33-25(6-2)22(3)20-35(4)27-14-13-23-29-31(27)40-28-12-8-7-11-26(28)37(29)21-24(30(23)38)32(39)34-16-19-36-17-9-10-18-36;1-2/h5-8,11-15,21-22H,1,9-10,16-20H2,2-4H3,(H,34,39);1-2H3/b25-6-,33-15?;. The van der Waals surface area contributed by atoms with E-state index in [-0.39, 0.29) is 22.8 Å². The van der Waals surface area contributed by atoms with Crippen molar-refractivity contribution in [3.8, 4) is 17.2 Å². The Morgan fingerprint density at radius 2 is 1.93 bits per heavy atom. The van der Waals surface area contributed by atoms with Gasteiger partial charge in [0, 0.05) is 50.7 Å². The summed E-state index contributed by atoms with van der Waals surface area (Å²) in [4.78, 5) is 35.8. The SMILES string of the molecule is C=CC=N/C(=C\C)C(C)CN(C)c1ccc2c(=O)c(C(=O)NCCN3CCCC3)cn3c2c1Oc1ccccc1-3.CC. The summed E-state index contributed by atoms with van der Waals surface area (Å²) in [5.41, 5.74) is 3.09. The number of allylic oxidation sites excluding steroid dienone is 2. The fourth-order valence-electron chi connectivity index (χ4n) is 5.64. The lowest BCUT2D eigenvalue weighted by Gasteiger charge is -2.30. The lowest BCUT2D eigenvalue weighted by molar-refractivity contribution is 0.0948. The number of carbonyl (C=O) groups is 1. The quantitative estimate of drug-likeness (QED) is 0.231. The van der Waals surface area contributed by atoms with Gasteiger partial charge in [0.2, 0.25) is 5.43 Å². The second-order valence-corrected chi connectivity index (χ2v) is 10.4. The maximum Gasteiger partial charge on any atom is 0.256 e. The van der Waals surface area contributed by atoms with Crippen molar-refractivity contribution in [2.45, 2.75) is 40.5 Å². The van der Waals surface area contributed by atoms with E-state index in [1.165, 1.54) is 12.8 Å². The number of aromatic nitrogens is 1. The molecule has 2 aromatic carbocycles. The number of ether oxygens (including phenoxy) is 1. The fourth-order valence-corrected chi connectivity index (χ4v) is 5.64. The molecule has 1 N–H and O–H groups in total. The minimum Gasteiger partial charge on any atom is -0.451 e. The van der Waals surface area contributed by atoms with Crippen molar-refractivity contribution >= 4 is 28.7 Å². The van der Waals surface area contributed by atoms with Crippen molar-refractivity contribution in [2.24, 2.45) is 10.9 Å². The molecule has 8 nitrogen and oxygen atoms in total. The van der Waals surface area contributed by atoms with Crippen LogP contribution in [0.25, 0.3) is 16.6 Å². The third kappa shape index (κ3) is 6.34. The average molecular weight is 570 g/mol. The first-order valence-corrected chi connectivity index (χ1v) is 15.0. The molecule has 1 atom stereocenters. The summed E-state index contributed by atoms with van der Waals surface area (Å²) in [5, 5.41) is 3.42. The molecular formula is C34H43N5O3. The predicted molar refractivity (Wildman–Crippen MR) is 174 cm³/mol. The molecule has 222 valence electrons. The van der Waals surface area contributed by atoms with Crippen molar-refractivity contribution < 1.29 is 9.53 Å². The Balaban J connectivity index is 0.00000198. The van der Waals surface area contributed by atoms with Gasteiger partial charge in [-0.1, -0.05) is 51.6 Å². The van der Waals surface area contributed by atoms with Crippen molar-refractivity contribution in [1.82, 2.24) is 14.8 Å². The molecule has 0 bridgehead atoms. The first-order chi connectivity index (χ1) is 20.4. The number of fused-ring (bicyclic) bond motifs is 2. The van der Waals surface area contributed by atoms with Crippen LogP contribution < -0.4 is 20.4 Å². The van der Waals surface area contributed by atoms with E-state index < -0.39 is 0 Å². The number of nitrogens with one attached hydrogen (secondary N) is 1. The van der Waals surface area contributed by atoms with E-state index in [1.807, 2.05) is 68.8 Å². The van der Waals surface area contributed by atoms with Crippen LogP contribution in [-0.2, 0) is 0 Å². The van der Waals surface area contributed by atoms with Crippen molar-refractivity contribution in [2.75, 3.05) is 44.7 Å². The number of rotatable bonds is 10. The molecule has 1 fully saturated rings. The Labute approximate surface area is 249 Å². The van der Waals surface area contributed by atoms with E-state index >= 15 is 0 Å². The van der Waals surface area contributed by atoms with Gasteiger partial charge in [-0.05, 0) is 57.1 Å². The van der Waals surface area contributed by atoms with Gasteiger partial charge in [-0.25, -0.2) is 0 Å². The molecule has 0 aliphatic carbocycles. The van der Waals surface area contributed by atoms with E-state index in [9.17, 15) is 9.59 Å². The predicted octanol–water partition coefficient (Wildman–Crippen LogP) is 6.18. The monoisotopic (exact) mass is 569 g/mol. The molecule has 3 heterocycles.